The zero-order valence-electron chi connectivity index (χ0n) is 11.5. The average Bonchev–Trinajstić information content (AvgIpc) is 2.41. The zero-order chi connectivity index (χ0) is 14.8. The third kappa shape index (κ3) is 3.33. The molecular formula is C15H20F3NO. The number of aliphatic hydroxyl groups is 1. The molecule has 1 aliphatic rings. The summed E-state index contributed by atoms with van der Waals surface area (Å²) in [6.07, 6.45) is -1.49. The number of hydrogen-bond donors (Lipinski definition) is 2. The van der Waals surface area contributed by atoms with Crippen LogP contribution in [0.5, 0.6) is 0 Å². The van der Waals surface area contributed by atoms with Gasteiger partial charge in [0.1, 0.15) is 0 Å². The highest BCUT2D eigenvalue weighted by Crippen LogP contribution is 2.38. The van der Waals surface area contributed by atoms with Gasteiger partial charge >= 0.3 is 6.18 Å². The number of nitrogens with one attached hydrogen (secondary N) is 1. The topological polar surface area (TPSA) is 32.3 Å². The molecule has 2 nitrogen and oxygen atoms in total. The molecule has 0 unspecified atom stereocenters. The maximum atomic E-state index is 12.5. The van der Waals surface area contributed by atoms with Crippen molar-refractivity contribution in [2.24, 2.45) is 0 Å². The van der Waals surface area contributed by atoms with Gasteiger partial charge in [-0.2, -0.15) is 13.2 Å². The summed E-state index contributed by atoms with van der Waals surface area (Å²) < 4.78 is 37.6. The molecule has 0 bridgehead atoms. The molecule has 20 heavy (non-hydrogen) atoms. The fraction of sp³-hybridized carbons (Fsp3) is 0.600. The molecule has 1 fully saturated rings. The Hall–Kier alpha value is -1.07. The van der Waals surface area contributed by atoms with Gasteiger partial charge in [-0.1, -0.05) is 19.1 Å². The summed E-state index contributed by atoms with van der Waals surface area (Å²) in [6, 6.07) is 5.29. The quantitative estimate of drug-likeness (QED) is 0.892. The summed E-state index contributed by atoms with van der Waals surface area (Å²) in [5, 5.41) is 14.0. The minimum absolute atomic E-state index is 0.398. The number of alkyl halides is 3. The molecule has 0 heterocycles. The number of halogens is 3. The van der Waals surface area contributed by atoms with Crippen molar-refractivity contribution in [2.75, 3.05) is 6.54 Å². The first-order chi connectivity index (χ1) is 9.35. The monoisotopic (exact) mass is 287 g/mol. The van der Waals surface area contributed by atoms with Gasteiger partial charge in [0.25, 0.3) is 0 Å². The Morgan fingerprint density at radius 3 is 2.20 bits per heavy atom. The van der Waals surface area contributed by atoms with E-state index in [1.54, 1.807) is 0 Å². The normalized spacial score (nSPS) is 27.6. The van der Waals surface area contributed by atoms with E-state index in [-0.39, 0.29) is 0 Å². The zero-order valence-corrected chi connectivity index (χ0v) is 11.5. The van der Waals surface area contributed by atoms with Crippen molar-refractivity contribution in [1.82, 2.24) is 5.32 Å². The molecule has 1 aromatic carbocycles. The maximum Gasteiger partial charge on any atom is 0.416 e. The number of benzene rings is 1. The van der Waals surface area contributed by atoms with Crippen LogP contribution in [0.25, 0.3) is 0 Å². The van der Waals surface area contributed by atoms with E-state index >= 15 is 0 Å². The highest BCUT2D eigenvalue weighted by atomic mass is 19.4. The lowest BCUT2D eigenvalue weighted by Gasteiger charge is -2.36. The van der Waals surface area contributed by atoms with Crippen molar-refractivity contribution >= 4 is 0 Å². The van der Waals surface area contributed by atoms with E-state index in [9.17, 15) is 18.3 Å². The van der Waals surface area contributed by atoms with Crippen molar-refractivity contribution < 1.29 is 18.3 Å². The van der Waals surface area contributed by atoms with Crippen molar-refractivity contribution in [3.63, 3.8) is 0 Å². The van der Waals surface area contributed by atoms with Crippen LogP contribution in [0.15, 0.2) is 24.3 Å². The molecule has 0 saturated heterocycles. The highest BCUT2D eigenvalue weighted by molar-refractivity contribution is 5.29. The van der Waals surface area contributed by atoms with Gasteiger partial charge in [-0.05, 0) is 49.9 Å². The first-order valence-corrected chi connectivity index (χ1v) is 6.98. The number of rotatable bonds is 3. The molecule has 1 aliphatic carbocycles. The Balaban J connectivity index is 2.08. The Kier molecular flexibility index (Phi) is 4.39. The van der Waals surface area contributed by atoms with E-state index < -0.39 is 17.3 Å². The average molecular weight is 287 g/mol. The standard InChI is InChI=1S/C15H20F3NO/c1-2-19-13-7-9-14(20,10-8-13)11-3-5-12(6-4-11)15(16,17)18/h3-6,13,19-20H,2,7-10H2,1H3. The molecule has 0 spiro atoms. The van der Waals surface area contributed by atoms with Gasteiger partial charge in [0.15, 0.2) is 0 Å². The minimum Gasteiger partial charge on any atom is -0.385 e. The summed E-state index contributed by atoms with van der Waals surface area (Å²) in [5.74, 6) is 0. The van der Waals surface area contributed by atoms with Crippen molar-refractivity contribution in [2.45, 2.75) is 50.4 Å². The molecule has 0 aromatic heterocycles. The van der Waals surface area contributed by atoms with Gasteiger partial charge in [0.05, 0.1) is 11.2 Å². The molecule has 1 aromatic rings. The van der Waals surface area contributed by atoms with E-state index in [1.165, 1.54) is 12.1 Å². The first kappa shape index (κ1) is 15.3. The van der Waals surface area contributed by atoms with E-state index in [0.29, 0.717) is 24.4 Å². The molecule has 0 aliphatic heterocycles. The van der Waals surface area contributed by atoms with Crippen LogP contribution in [0.1, 0.15) is 43.7 Å². The Morgan fingerprint density at radius 1 is 1.20 bits per heavy atom. The van der Waals surface area contributed by atoms with Crippen LogP contribution in [-0.4, -0.2) is 17.7 Å². The summed E-state index contributed by atoms with van der Waals surface area (Å²) >= 11 is 0. The van der Waals surface area contributed by atoms with Crippen molar-refractivity contribution in [3.8, 4) is 0 Å². The predicted molar refractivity (Wildman–Crippen MR) is 71.3 cm³/mol. The molecule has 2 rings (SSSR count). The molecule has 0 radical (unpaired) electrons. The third-order valence-corrected chi connectivity index (χ3v) is 4.06. The Morgan fingerprint density at radius 2 is 1.75 bits per heavy atom. The second kappa shape index (κ2) is 5.74. The van der Waals surface area contributed by atoms with Crippen molar-refractivity contribution in [1.29, 1.82) is 0 Å². The second-order valence-electron chi connectivity index (χ2n) is 5.44. The van der Waals surface area contributed by atoms with E-state index in [1.807, 2.05) is 6.92 Å². The van der Waals surface area contributed by atoms with E-state index in [2.05, 4.69) is 5.32 Å². The van der Waals surface area contributed by atoms with Crippen LogP contribution in [0.2, 0.25) is 0 Å². The SMILES string of the molecule is CCNC1CCC(O)(c2ccc(C(F)(F)F)cc2)CC1. The summed E-state index contributed by atoms with van der Waals surface area (Å²) in [7, 11) is 0. The number of hydrogen-bond acceptors (Lipinski definition) is 2. The lowest BCUT2D eigenvalue weighted by molar-refractivity contribution is -0.137. The lowest BCUT2D eigenvalue weighted by Crippen LogP contribution is -2.39. The van der Waals surface area contributed by atoms with E-state index in [4.69, 9.17) is 0 Å². The summed E-state index contributed by atoms with van der Waals surface area (Å²) in [4.78, 5) is 0. The molecule has 1 saturated carbocycles. The van der Waals surface area contributed by atoms with Crippen LogP contribution >= 0.6 is 0 Å². The smallest absolute Gasteiger partial charge is 0.385 e. The molecule has 0 amide bonds. The van der Waals surface area contributed by atoms with Crippen LogP contribution in [0, 0.1) is 0 Å². The Bertz CT molecular complexity index is 433. The van der Waals surface area contributed by atoms with E-state index in [0.717, 1.165) is 31.5 Å². The van der Waals surface area contributed by atoms with Crippen LogP contribution in [0.3, 0.4) is 0 Å². The highest BCUT2D eigenvalue weighted by Gasteiger charge is 2.36. The fourth-order valence-corrected chi connectivity index (χ4v) is 2.85. The summed E-state index contributed by atoms with van der Waals surface area (Å²) in [5.41, 5.74) is -1.08. The van der Waals surface area contributed by atoms with Gasteiger partial charge in [-0.25, -0.2) is 0 Å². The van der Waals surface area contributed by atoms with Gasteiger partial charge in [0.2, 0.25) is 0 Å². The van der Waals surface area contributed by atoms with Crippen LogP contribution in [0.4, 0.5) is 13.2 Å². The third-order valence-electron chi connectivity index (χ3n) is 4.06. The first-order valence-electron chi connectivity index (χ1n) is 6.98. The van der Waals surface area contributed by atoms with Gasteiger partial charge < -0.3 is 10.4 Å². The van der Waals surface area contributed by atoms with Gasteiger partial charge in [-0.15, -0.1) is 0 Å². The Labute approximate surface area is 117 Å². The molecule has 2 N–H and O–H groups in total. The van der Waals surface area contributed by atoms with Gasteiger partial charge in [0, 0.05) is 6.04 Å². The summed E-state index contributed by atoms with van der Waals surface area (Å²) in [6.45, 7) is 2.93. The van der Waals surface area contributed by atoms with Gasteiger partial charge in [-0.3, -0.25) is 0 Å². The predicted octanol–water partition coefficient (Wildman–Crippen LogP) is 3.45. The van der Waals surface area contributed by atoms with Crippen LogP contribution < -0.4 is 5.32 Å². The largest absolute Gasteiger partial charge is 0.416 e. The van der Waals surface area contributed by atoms with Crippen molar-refractivity contribution in [3.05, 3.63) is 35.4 Å². The molecule has 0 atom stereocenters. The minimum atomic E-state index is -4.33. The molecular weight excluding hydrogens is 267 g/mol. The second-order valence-corrected chi connectivity index (χ2v) is 5.44. The molecule has 5 heteroatoms. The molecule has 112 valence electrons. The van der Waals surface area contributed by atoms with Crippen LogP contribution in [-0.2, 0) is 11.8 Å². The fourth-order valence-electron chi connectivity index (χ4n) is 2.85. The lowest BCUT2D eigenvalue weighted by atomic mass is 9.77. The maximum absolute atomic E-state index is 12.5.